The van der Waals surface area contributed by atoms with Gasteiger partial charge >= 0.3 is 0 Å². The Balaban J connectivity index is 1.94. The molecule has 0 aromatic carbocycles. The number of halogens is 2. The molecule has 0 aliphatic carbocycles. The number of nitrogens with one attached hydrogen (secondary N) is 1. The Bertz CT molecular complexity index is 467. The van der Waals surface area contributed by atoms with Gasteiger partial charge in [-0.25, -0.2) is 0 Å². The molecular weight excluding hydrogens is 320 g/mol. The summed E-state index contributed by atoms with van der Waals surface area (Å²) in [5.41, 5.74) is 1.19. The first-order chi connectivity index (χ1) is 8.16. The van der Waals surface area contributed by atoms with Crippen LogP contribution in [0.2, 0.25) is 4.34 Å². The molecule has 1 atom stereocenters. The van der Waals surface area contributed by atoms with Crippen molar-refractivity contribution in [2.24, 2.45) is 0 Å². The second-order valence-corrected chi connectivity index (χ2v) is 6.32. The van der Waals surface area contributed by atoms with Crippen molar-refractivity contribution in [2.75, 3.05) is 0 Å². The number of rotatable bonds is 4. The van der Waals surface area contributed by atoms with Crippen LogP contribution >= 0.6 is 38.9 Å². The molecule has 2 aromatic heterocycles. The number of nitrogens with zero attached hydrogens (tertiary/aromatic N) is 1. The molecule has 1 N–H and O–H groups in total. The Morgan fingerprint density at radius 1 is 1.59 bits per heavy atom. The van der Waals surface area contributed by atoms with Gasteiger partial charge in [0.15, 0.2) is 0 Å². The fourth-order valence-electron chi connectivity index (χ4n) is 1.48. The molecule has 0 aliphatic heterocycles. The summed E-state index contributed by atoms with van der Waals surface area (Å²) in [6, 6.07) is 6.35. The quantitative estimate of drug-likeness (QED) is 0.897. The lowest BCUT2D eigenvalue weighted by Crippen LogP contribution is -2.17. The van der Waals surface area contributed by atoms with Crippen LogP contribution in [0.25, 0.3) is 0 Å². The summed E-state index contributed by atoms with van der Waals surface area (Å²) in [7, 11) is 0. The summed E-state index contributed by atoms with van der Waals surface area (Å²) in [4.78, 5) is 5.33. The Morgan fingerprint density at radius 2 is 2.41 bits per heavy atom. The highest BCUT2D eigenvalue weighted by Gasteiger charge is 2.07. The summed E-state index contributed by atoms with van der Waals surface area (Å²) in [6.45, 7) is 2.94. The molecule has 0 saturated heterocycles. The minimum Gasteiger partial charge on any atom is -0.305 e. The highest BCUT2D eigenvalue weighted by molar-refractivity contribution is 9.10. The zero-order valence-electron chi connectivity index (χ0n) is 9.28. The maximum Gasteiger partial charge on any atom is 0.107 e. The molecule has 2 aromatic rings. The van der Waals surface area contributed by atoms with Crippen LogP contribution in [-0.4, -0.2) is 4.98 Å². The van der Waals surface area contributed by atoms with Crippen LogP contribution < -0.4 is 5.32 Å². The van der Waals surface area contributed by atoms with Crippen molar-refractivity contribution >= 4 is 38.9 Å². The lowest BCUT2D eigenvalue weighted by molar-refractivity contribution is 0.577. The zero-order valence-corrected chi connectivity index (χ0v) is 12.4. The molecule has 17 heavy (non-hydrogen) atoms. The maximum atomic E-state index is 6.00. The molecule has 0 bridgehead atoms. The lowest BCUT2D eigenvalue weighted by Gasteiger charge is -2.12. The summed E-state index contributed by atoms with van der Waals surface area (Å²) in [6.07, 6.45) is 3.67. The summed E-state index contributed by atoms with van der Waals surface area (Å²) < 4.78 is 1.77. The molecule has 1 unspecified atom stereocenters. The second kappa shape index (κ2) is 5.96. The molecule has 0 spiro atoms. The molecule has 0 saturated carbocycles. The zero-order chi connectivity index (χ0) is 12.3. The second-order valence-electron chi connectivity index (χ2n) is 3.72. The first-order valence-corrected chi connectivity index (χ1v) is 7.22. The van der Waals surface area contributed by atoms with Crippen LogP contribution in [0.1, 0.15) is 23.4 Å². The van der Waals surface area contributed by atoms with Gasteiger partial charge in [-0.2, -0.15) is 0 Å². The third kappa shape index (κ3) is 3.52. The standard InChI is InChI=1S/C12H12BrClN2S/c1-8(9-3-2-4-15-6-9)16-7-10-5-11(13)12(14)17-10/h2-6,8,16H,7H2,1H3. The van der Waals surface area contributed by atoms with Crippen molar-refractivity contribution in [3.63, 3.8) is 0 Å². The van der Waals surface area contributed by atoms with Crippen molar-refractivity contribution in [1.29, 1.82) is 0 Å². The maximum absolute atomic E-state index is 6.00. The monoisotopic (exact) mass is 330 g/mol. The predicted molar refractivity (Wildman–Crippen MR) is 76.5 cm³/mol. The highest BCUT2D eigenvalue weighted by Crippen LogP contribution is 2.32. The number of hydrogen-bond acceptors (Lipinski definition) is 3. The third-order valence-corrected chi connectivity index (χ3v) is 4.94. The molecule has 0 amide bonds. The number of pyridine rings is 1. The van der Waals surface area contributed by atoms with E-state index in [1.165, 1.54) is 10.4 Å². The number of hydrogen-bond donors (Lipinski definition) is 1. The lowest BCUT2D eigenvalue weighted by atomic mass is 10.1. The van der Waals surface area contributed by atoms with Crippen LogP contribution in [0, 0.1) is 0 Å². The van der Waals surface area contributed by atoms with Gasteiger partial charge in [-0.3, -0.25) is 4.98 Å². The Morgan fingerprint density at radius 3 is 3.00 bits per heavy atom. The predicted octanol–water partition coefficient (Wildman–Crippen LogP) is 4.41. The van der Waals surface area contributed by atoms with Crippen molar-refractivity contribution in [1.82, 2.24) is 10.3 Å². The normalized spacial score (nSPS) is 12.6. The van der Waals surface area contributed by atoms with Crippen LogP contribution in [0.15, 0.2) is 35.1 Å². The molecular formula is C12H12BrClN2S. The largest absolute Gasteiger partial charge is 0.305 e. The van der Waals surface area contributed by atoms with Crippen molar-refractivity contribution in [2.45, 2.75) is 19.5 Å². The average Bonchev–Trinajstić information content (AvgIpc) is 2.67. The van der Waals surface area contributed by atoms with Gasteiger partial charge in [0.2, 0.25) is 0 Å². The van der Waals surface area contributed by atoms with Gasteiger partial charge in [-0.15, -0.1) is 11.3 Å². The molecule has 90 valence electrons. The van der Waals surface area contributed by atoms with Crippen molar-refractivity contribution < 1.29 is 0 Å². The van der Waals surface area contributed by atoms with E-state index in [1.54, 1.807) is 17.5 Å². The fraction of sp³-hybridized carbons (Fsp3) is 0.250. The smallest absolute Gasteiger partial charge is 0.107 e. The summed E-state index contributed by atoms with van der Waals surface area (Å²) in [5, 5.41) is 3.45. The molecule has 5 heteroatoms. The molecule has 2 nitrogen and oxygen atoms in total. The van der Waals surface area contributed by atoms with Crippen LogP contribution in [0.4, 0.5) is 0 Å². The van der Waals surface area contributed by atoms with Gasteiger partial charge in [-0.05, 0) is 40.5 Å². The Labute approximate surface area is 118 Å². The first kappa shape index (κ1) is 13.0. The Hall–Kier alpha value is -0.420. The molecule has 2 rings (SSSR count). The van der Waals surface area contributed by atoms with E-state index in [0.717, 1.165) is 15.4 Å². The van der Waals surface area contributed by atoms with E-state index in [0.29, 0.717) is 0 Å². The third-order valence-electron chi connectivity index (χ3n) is 2.46. The minimum absolute atomic E-state index is 0.281. The highest BCUT2D eigenvalue weighted by atomic mass is 79.9. The topological polar surface area (TPSA) is 24.9 Å². The van der Waals surface area contributed by atoms with Crippen LogP contribution in [0.3, 0.4) is 0 Å². The van der Waals surface area contributed by atoms with E-state index in [9.17, 15) is 0 Å². The van der Waals surface area contributed by atoms with Gasteiger partial charge in [0.1, 0.15) is 4.34 Å². The first-order valence-electron chi connectivity index (χ1n) is 5.24. The Kier molecular flexibility index (Phi) is 4.56. The van der Waals surface area contributed by atoms with Crippen LogP contribution in [-0.2, 0) is 6.54 Å². The van der Waals surface area contributed by atoms with Gasteiger partial charge in [0.25, 0.3) is 0 Å². The van der Waals surface area contributed by atoms with E-state index >= 15 is 0 Å². The number of thiophene rings is 1. The van der Waals surface area contributed by atoms with E-state index in [1.807, 2.05) is 12.3 Å². The summed E-state index contributed by atoms with van der Waals surface area (Å²) >= 11 is 11.0. The SMILES string of the molecule is CC(NCc1cc(Br)c(Cl)s1)c1cccnc1. The van der Waals surface area contributed by atoms with E-state index < -0.39 is 0 Å². The van der Waals surface area contributed by atoms with Crippen LogP contribution in [0.5, 0.6) is 0 Å². The van der Waals surface area contributed by atoms with E-state index in [2.05, 4.69) is 45.3 Å². The van der Waals surface area contributed by atoms with Crippen molar-refractivity contribution in [3.8, 4) is 0 Å². The van der Waals surface area contributed by atoms with Crippen molar-refractivity contribution in [3.05, 3.63) is 49.8 Å². The van der Waals surface area contributed by atoms with E-state index in [-0.39, 0.29) is 6.04 Å². The molecule has 0 aliphatic rings. The summed E-state index contributed by atoms with van der Waals surface area (Å²) in [5.74, 6) is 0. The van der Waals surface area contributed by atoms with Gasteiger partial charge in [-0.1, -0.05) is 17.7 Å². The van der Waals surface area contributed by atoms with Gasteiger partial charge in [0.05, 0.1) is 0 Å². The minimum atomic E-state index is 0.281. The molecule has 2 heterocycles. The van der Waals surface area contributed by atoms with Gasteiger partial charge < -0.3 is 5.32 Å². The molecule has 0 fully saturated rings. The van der Waals surface area contributed by atoms with E-state index in [4.69, 9.17) is 11.6 Å². The molecule has 0 radical (unpaired) electrons. The fourth-order valence-corrected chi connectivity index (χ4v) is 3.22. The average molecular weight is 332 g/mol. The number of aromatic nitrogens is 1. The van der Waals surface area contributed by atoms with Gasteiger partial charge in [0, 0.05) is 34.3 Å².